The molecule has 3 heteroatoms. The van der Waals surface area contributed by atoms with E-state index in [4.69, 9.17) is 11.0 Å². The van der Waals surface area contributed by atoms with Crippen molar-refractivity contribution >= 4 is 5.69 Å². The van der Waals surface area contributed by atoms with Crippen LogP contribution in [0.2, 0.25) is 0 Å². The first-order valence-corrected chi connectivity index (χ1v) is 6.55. The predicted molar refractivity (Wildman–Crippen MR) is 71.8 cm³/mol. The van der Waals surface area contributed by atoms with E-state index >= 15 is 0 Å². The van der Waals surface area contributed by atoms with Crippen molar-refractivity contribution in [3.63, 3.8) is 0 Å². The lowest BCUT2D eigenvalue weighted by Gasteiger charge is -2.17. The zero-order valence-electron chi connectivity index (χ0n) is 11.2. The van der Waals surface area contributed by atoms with Gasteiger partial charge in [0.1, 0.15) is 11.8 Å². The quantitative estimate of drug-likeness (QED) is 0.762. The van der Waals surface area contributed by atoms with Crippen molar-refractivity contribution in [1.82, 2.24) is 4.57 Å². The van der Waals surface area contributed by atoms with Gasteiger partial charge in [0.2, 0.25) is 0 Å². The average Bonchev–Trinajstić information content (AvgIpc) is 2.65. The molecule has 1 aromatic heterocycles. The van der Waals surface area contributed by atoms with Gasteiger partial charge in [-0.2, -0.15) is 5.26 Å². The molecule has 0 spiro atoms. The molecule has 1 rings (SSSR count). The third kappa shape index (κ3) is 3.03. The van der Waals surface area contributed by atoms with Gasteiger partial charge in [-0.1, -0.05) is 26.7 Å². The highest BCUT2D eigenvalue weighted by Gasteiger charge is 2.16. The summed E-state index contributed by atoms with van der Waals surface area (Å²) in [4.78, 5) is 0. The molecule has 1 heterocycles. The third-order valence-corrected chi connectivity index (χ3v) is 3.34. The number of rotatable bonds is 6. The molecule has 0 radical (unpaired) electrons. The Bertz CT molecular complexity index is 398. The van der Waals surface area contributed by atoms with E-state index in [0.29, 0.717) is 11.7 Å². The van der Waals surface area contributed by atoms with Gasteiger partial charge in [-0.15, -0.1) is 0 Å². The summed E-state index contributed by atoms with van der Waals surface area (Å²) in [7, 11) is 0. The first-order chi connectivity index (χ1) is 8.15. The number of nitrogens with two attached hydrogens (primary N) is 1. The Morgan fingerprint density at radius 2 is 2.12 bits per heavy atom. The lowest BCUT2D eigenvalue weighted by atomic mass is 10.1. The monoisotopic (exact) mass is 233 g/mol. The number of anilines is 1. The minimum absolute atomic E-state index is 0.346. The fraction of sp³-hybridized carbons (Fsp3) is 0.643. The largest absolute Gasteiger partial charge is 0.397 e. The van der Waals surface area contributed by atoms with Crippen molar-refractivity contribution in [3.05, 3.63) is 17.5 Å². The average molecular weight is 233 g/mol. The Hall–Kier alpha value is -1.43. The summed E-state index contributed by atoms with van der Waals surface area (Å²) in [6, 6.07) is 4.40. The Morgan fingerprint density at radius 1 is 1.41 bits per heavy atom. The second-order valence-corrected chi connectivity index (χ2v) is 4.63. The summed E-state index contributed by atoms with van der Waals surface area (Å²) in [5.41, 5.74) is 8.64. The van der Waals surface area contributed by atoms with Crippen LogP contribution in [-0.4, -0.2) is 4.57 Å². The first kappa shape index (κ1) is 13.6. The van der Waals surface area contributed by atoms with Crippen LogP contribution < -0.4 is 5.73 Å². The van der Waals surface area contributed by atoms with Gasteiger partial charge in [-0.25, -0.2) is 0 Å². The molecular formula is C14H23N3. The maximum absolute atomic E-state index is 9.15. The molecular weight excluding hydrogens is 210 g/mol. The lowest BCUT2D eigenvalue weighted by Crippen LogP contribution is -2.11. The summed E-state index contributed by atoms with van der Waals surface area (Å²) >= 11 is 0. The molecule has 0 fully saturated rings. The van der Waals surface area contributed by atoms with Crippen LogP contribution in [0.15, 0.2) is 6.07 Å². The van der Waals surface area contributed by atoms with Crippen LogP contribution in [0.4, 0.5) is 5.69 Å². The van der Waals surface area contributed by atoms with Gasteiger partial charge in [0.05, 0.1) is 5.69 Å². The highest BCUT2D eigenvalue weighted by atomic mass is 15.0. The van der Waals surface area contributed by atoms with Gasteiger partial charge in [0.25, 0.3) is 0 Å². The number of nitriles is 1. The minimum Gasteiger partial charge on any atom is -0.397 e. The Labute approximate surface area is 104 Å². The fourth-order valence-corrected chi connectivity index (χ4v) is 2.16. The molecule has 0 saturated heterocycles. The summed E-state index contributed by atoms with van der Waals surface area (Å²) < 4.78 is 2.12. The zero-order valence-corrected chi connectivity index (χ0v) is 11.2. The highest BCUT2D eigenvalue weighted by molar-refractivity contribution is 5.51. The Morgan fingerprint density at radius 3 is 2.65 bits per heavy atom. The fourth-order valence-electron chi connectivity index (χ4n) is 2.16. The van der Waals surface area contributed by atoms with Crippen LogP contribution >= 0.6 is 0 Å². The summed E-state index contributed by atoms with van der Waals surface area (Å²) in [5, 5.41) is 9.15. The Kier molecular flexibility index (Phi) is 5.09. The molecule has 1 unspecified atom stereocenters. The number of nitrogens with zero attached hydrogens (tertiary/aromatic N) is 2. The molecule has 17 heavy (non-hydrogen) atoms. The number of hydrogen-bond donors (Lipinski definition) is 1. The number of unbranched alkanes of at least 4 members (excludes halogenated alkanes) is 2. The van der Waals surface area contributed by atoms with E-state index in [1.54, 1.807) is 0 Å². The van der Waals surface area contributed by atoms with Crippen molar-refractivity contribution in [2.45, 2.75) is 58.9 Å². The summed E-state index contributed by atoms with van der Waals surface area (Å²) in [6.45, 7) is 6.47. The van der Waals surface area contributed by atoms with E-state index in [1.165, 1.54) is 12.8 Å². The molecule has 0 aliphatic carbocycles. The van der Waals surface area contributed by atoms with Crippen molar-refractivity contribution in [2.75, 3.05) is 5.73 Å². The molecule has 94 valence electrons. The molecule has 3 nitrogen and oxygen atoms in total. The van der Waals surface area contributed by atoms with Gasteiger partial charge >= 0.3 is 0 Å². The maximum atomic E-state index is 9.15. The topological polar surface area (TPSA) is 54.7 Å². The highest BCUT2D eigenvalue weighted by Crippen LogP contribution is 2.26. The van der Waals surface area contributed by atoms with Crippen LogP contribution in [0.5, 0.6) is 0 Å². The minimum atomic E-state index is 0.346. The first-order valence-electron chi connectivity index (χ1n) is 6.55. The molecule has 0 aromatic carbocycles. The van der Waals surface area contributed by atoms with Gasteiger partial charge in [0.15, 0.2) is 0 Å². The summed E-state index contributed by atoms with van der Waals surface area (Å²) in [5.74, 6) is 0. The van der Waals surface area contributed by atoms with Crippen LogP contribution in [0, 0.1) is 11.3 Å². The molecule has 0 amide bonds. The smallest absolute Gasteiger partial charge is 0.122 e. The van der Waals surface area contributed by atoms with E-state index < -0.39 is 0 Å². The second kappa shape index (κ2) is 6.34. The van der Waals surface area contributed by atoms with Crippen LogP contribution in [-0.2, 0) is 6.42 Å². The van der Waals surface area contributed by atoms with E-state index in [2.05, 4.69) is 31.4 Å². The normalized spacial score (nSPS) is 12.4. The second-order valence-electron chi connectivity index (χ2n) is 4.63. The third-order valence-electron chi connectivity index (χ3n) is 3.34. The van der Waals surface area contributed by atoms with E-state index in [1.807, 2.05) is 6.07 Å². The SMILES string of the molecule is CCCCCc1c(N)cc(C#N)n1C(C)CC. The molecule has 0 aliphatic heterocycles. The number of nitrogen functional groups attached to an aromatic ring is 1. The van der Waals surface area contributed by atoms with Crippen LogP contribution in [0.25, 0.3) is 0 Å². The van der Waals surface area contributed by atoms with E-state index in [0.717, 1.165) is 30.6 Å². The van der Waals surface area contributed by atoms with Crippen molar-refractivity contribution in [1.29, 1.82) is 5.26 Å². The van der Waals surface area contributed by atoms with Crippen molar-refractivity contribution in [2.24, 2.45) is 0 Å². The van der Waals surface area contributed by atoms with Crippen LogP contribution in [0.3, 0.4) is 0 Å². The van der Waals surface area contributed by atoms with E-state index in [9.17, 15) is 0 Å². The Balaban J connectivity index is 3.01. The standard InChI is InChI=1S/C14H23N3/c1-4-6-7-8-14-13(16)9-12(10-15)17(14)11(3)5-2/h9,11H,4-8,16H2,1-3H3. The number of aromatic nitrogens is 1. The molecule has 1 aromatic rings. The predicted octanol–water partition coefficient (Wildman–Crippen LogP) is 3.65. The lowest BCUT2D eigenvalue weighted by molar-refractivity contribution is 0.505. The van der Waals surface area contributed by atoms with Crippen molar-refractivity contribution in [3.8, 4) is 6.07 Å². The van der Waals surface area contributed by atoms with Gasteiger partial charge in [-0.05, 0) is 32.3 Å². The van der Waals surface area contributed by atoms with Crippen molar-refractivity contribution < 1.29 is 0 Å². The summed E-state index contributed by atoms with van der Waals surface area (Å²) in [6.07, 6.45) is 5.56. The van der Waals surface area contributed by atoms with Crippen LogP contribution in [0.1, 0.15) is 63.9 Å². The molecule has 0 saturated carbocycles. The van der Waals surface area contributed by atoms with Gasteiger partial charge in [-0.3, -0.25) is 0 Å². The molecule has 1 atom stereocenters. The molecule has 0 bridgehead atoms. The maximum Gasteiger partial charge on any atom is 0.122 e. The zero-order chi connectivity index (χ0) is 12.8. The molecule has 2 N–H and O–H groups in total. The van der Waals surface area contributed by atoms with Gasteiger partial charge < -0.3 is 10.3 Å². The van der Waals surface area contributed by atoms with Gasteiger partial charge in [0, 0.05) is 11.7 Å². The van der Waals surface area contributed by atoms with E-state index in [-0.39, 0.29) is 0 Å². The number of hydrogen-bond acceptors (Lipinski definition) is 2. The molecule has 0 aliphatic rings.